The maximum Gasteiger partial charge on any atom is 0.277 e. The molecule has 0 saturated heterocycles. The molecule has 1 amide bonds. The highest BCUT2D eigenvalue weighted by atomic mass is 79.9. The number of halogens is 1. The third kappa shape index (κ3) is 5.49. The first-order valence-corrected chi connectivity index (χ1v) is 8.45. The summed E-state index contributed by atoms with van der Waals surface area (Å²) in [6.07, 6.45) is 1.59. The van der Waals surface area contributed by atoms with E-state index >= 15 is 0 Å². The number of nitrogens with zero attached hydrogens (tertiary/aromatic N) is 1. The average molecular weight is 389 g/mol. The summed E-state index contributed by atoms with van der Waals surface area (Å²) in [6.45, 7) is 6.25. The van der Waals surface area contributed by atoms with Crippen molar-refractivity contribution in [1.29, 1.82) is 0 Å². The van der Waals surface area contributed by atoms with E-state index in [1.54, 1.807) is 6.21 Å². The molecule has 0 bridgehead atoms. The minimum atomic E-state index is -0.299. The molecule has 0 aliphatic carbocycles. The SMILES string of the molecule is CC(C)(C)c1ccccc1OCC(=O)N/N=C\c1ccc(Br)cc1. The maximum absolute atomic E-state index is 11.9. The Labute approximate surface area is 151 Å². The van der Waals surface area contributed by atoms with E-state index in [2.05, 4.69) is 47.2 Å². The molecule has 0 atom stereocenters. The molecule has 1 N–H and O–H groups in total. The fourth-order valence-corrected chi connectivity index (χ4v) is 2.38. The molecule has 0 saturated carbocycles. The summed E-state index contributed by atoms with van der Waals surface area (Å²) in [6, 6.07) is 15.4. The van der Waals surface area contributed by atoms with Gasteiger partial charge in [0.05, 0.1) is 6.21 Å². The van der Waals surface area contributed by atoms with Crippen LogP contribution in [-0.2, 0) is 10.2 Å². The van der Waals surface area contributed by atoms with Gasteiger partial charge in [-0.05, 0) is 34.7 Å². The predicted molar refractivity (Wildman–Crippen MR) is 101 cm³/mol. The lowest BCUT2D eigenvalue weighted by Gasteiger charge is -2.22. The molecule has 5 heteroatoms. The molecular weight excluding hydrogens is 368 g/mol. The number of carbonyl (C=O) groups excluding carboxylic acids is 1. The zero-order valence-corrected chi connectivity index (χ0v) is 15.6. The van der Waals surface area contributed by atoms with Gasteiger partial charge in [-0.1, -0.05) is 67.0 Å². The monoisotopic (exact) mass is 388 g/mol. The molecule has 0 spiro atoms. The van der Waals surface area contributed by atoms with Crippen LogP contribution in [0.5, 0.6) is 5.75 Å². The lowest BCUT2D eigenvalue weighted by Crippen LogP contribution is -2.25. The molecule has 0 radical (unpaired) electrons. The molecule has 2 aromatic carbocycles. The summed E-state index contributed by atoms with van der Waals surface area (Å²) < 4.78 is 6.65. The second kappa shape index (κ2) is 8.11. The molecule has 0 unspecified atom stereocenters. The van der Waals surface area contributed by atoms with E-state index in [9.17, 15) is 4.79 Å². The number of amides is 1. The van der Waals surface area contributed by atoms with Crippen molar-refractivity contribution in [2.45, 2.75) is 26.2 Å². The third-order valence-electron chi connectivity index (χ3n) is 3.33. The average Bonchev–Trinajstić information content (AvgIpc) is 2.54. The Morgan fingerprint density at radius 2 is 1.83 bits per heavy atom. The zero-order valence-electron chi connectivity index (χ0n) is 14.0. The Kier molecular flexibility index (Phi) is 6.15. The first kappa shape index (κ1) is 18.2. The Bertz CT molecular complexity index is 719. The largest absolute Gasteiger partial charge is 0.483 e. The van der Waals surface area contributed by atoms with Crippen molar-refractivity contribution in [1.82, 2.24) is 5.43 Å². The Morgan fingerprint density at radius 3 is 2.50 bits per heavy atom. The van der Waals surface area contributed by atoms with Crippen LogP contribution >= 0.6 is 15.9 Å². The van der Waals surface area contributed by atoms with E-state index in [0.29, 0.717) is 0 Å². The van der Waals surface area contributed by atoms with Crippen LogP contribution in [0.3, 0.4) is 0 Å². The number of nitrogens with one attached hydrogen (secondary N) is 1. The van der Waals surface area contributed by atoms with E-state index in [0.717, 1.165) is 21.3 Å². The van der Waals surface area contributed by atoms with Gasteiger partial charge in [-0.3, -0.25) is 4.79 Å². The summed E-state index contributed by atoms with van der Waals surface area (Å²) in [5, 5.41) is 3.93. The molecule has 0 aromatic heterocycles. The van der Waals surface area contributed by atoms with E-state index in [-0.39, 0.29) is 17.9 Å². The van der Waals surface area contributed by atoms with Gasteiger partial charge in [-0.25, -0.2) is 5.43 Å². The van der Waals surface area contributed by atoms with Crippen molar-refractivity contribution in [3.63, 3.8) is 0 Å². The van der Waals surface area contributed by atoms with Crippen LogP contribution in [0.4, 0.5) is 0 Å². The Hall–Kier alpha value is -2.14. The van der Waals surface area contributed by atoms with Gasteiger partial charge in [0.25, 0.3) is 5.91 Å². The first-order chi connectivity index (χ1) is 11.4. The van der Waals surface area contributed by atoms with Crippen LogP contribution in [0.25, 0.3) is 0 Å². The van der Waals surface area contributed by atoms with Crippen molar-refractivity contribution in [3.8, 4) is 5.75 Å². The summed E-state index contributed by atoms with van der Waals surface area (Å²) >= 11 is 3.37. The Morgan fingerprint density at radius 1 is 1.17 bits per heavy atom. The number of para-hydroxylation sites is 1. The van der Waals surface area contributed by atoms with Gasteiger partial charge >= 0.3 is 0 Å². The normalized spacial score (nSPS) is 11.5. The maximum atomic E-state index is 11.9. The van der Waals surface area contributed by atoms with Crippen LogP contribution in [-0.4, -0.2) is 18.7 Å². The van der Waals surface area contributed by atoms with Crippen LogP contribution < -0.4 is 10.2 Å². The number of hydrogen-bond donors (Lipinski definition) is 1. The molecule has 24 heavy (non-hydrogen) atoms. The highest BCUT2D eigenvalue weighted by molar-refractivity contribution is 9.10. The van der Waals surface area contributed by atoms with Gasteiger partial charge in [-0.2, -0.15) is 5.10 Å². The number of carbonyl (C=O) groups is 1. The van der Waals surface area contributed by atoms with Gasteiger partial charge < -0.3 is 4.74 Å². The topological polar surface area (TPSA) is 50.7 Å². The smallest absolute Gasteiger partial charge is 0.277 e. The minimum absolute atomic E-state index is 0.0488. The lowest BCUT2D eigenvalue weighted by atomic mass is 9.86. The predicted octanol–water partition coefficient (Wildman–Crippen LogP) is 4.28. The van der Waals surface area contributed by atoms with E-state index in [1.165, 1.54) is 0 Å². The summed E-state index contributed by atoms with van der Waals surface area (Å²) in [5.41, 5.74) is 4.39. The highest BCUT2D eigenvalue weighted by Crippen LogP contribution is 2.30. The van der Waals surface area contributed by atoms with Gasteiger partial charge in [0.1, 0.15) is 5.75 Å². The van der Waals surface area contributed by atoms with Crippen molar-refractivity contribution in [2.24, 2.45) is 5.10 Å². The van der Waals surface area contributed by atoms with Crippen LogP contribution in [0.1, 0.15) is 31.9 Å². The summed E-state index contributed by atoms with van der Waals surface area (Å²) in [4.78, 5) is 11.9. The third-order valence-corrected chi connectivity index (χ3v) is 3.86. The molecule has 0 aliphatic heterocycles. The quantitative estimate of drug-likeness (QED) is 0.613. The minimum Gasteiger partial charge on any atom is -0.483 e. The van der Waals surface area contributed by atoms with Crippen LogP contribution in [0.15, 0.2) is 58.1 Å². The van der Waals surface area contributed by atoms with Gasteiger partial charge in [0, 0.05) is 4.47 Å². The van der Waals surface area contributed by atoms with E-state index in [4.69, 9.17) is 4.74 Å². The van der Waals surface area contributed by atoms with Gasteiger partial charge in [0.15, 0.2) is 6.61 Å². The van der Waals surface area contributed by atoms with Crippen LogP contribution in [0.2, 0.25) is 0 Å². The fraction of sp³-hybridized carbons (Fsp3) is 0.263. The van der Waals surface area contributed by atoms with Gasteiger partial charge in [0.2, 0.25) is 0 Å². The van der Waals surface area contributed by atoms with E-state index < -0.39 is 0 Å². The summed E-state index contributed by atoms with van der Waals surface area (Å²) in [5.74, 6) is 0.420. The summed E-state index contributed by atoms with van der Waals surface area (Å²) in [7, 11) is 0. The molecule has 126 valence electrons. The Balaban J connectivity index is 1.89. The van der Waals surface area contributed by atoms with E-state index in [1.807, 2.05) is 48.5 Å². The number of hydrazone groups is 1. The number of hydrogen-bond acceptors (Lipinski definition) is 3. The molecule has 2 rings (SSSR count). The first-order valence-electron chi connectivity index (χ1n) is 7.66. The molecule has 2 aromatic rings. The number of ether oxygens (including phenoxy) is 1. The van der Waals surface area contributed by atoms with Crippen molar-refractivity contribution in [2.75, 3.05) is 6.61 Å². The fourth-order valence-electron chi connectivity index (χ4n) is 2.12. The molecular formula is C19H21BrN2O2. The second-order valence-corrected chi connectivity index (χ2v) is 7.30. The number of rotatable bonds is 5. The molecule has 0 aliphatic rings. The standard InChI is InChI=1S/C19H21BrN2O2/c1-19(2,3)16-6-4-5-7-17(16)24-13-18(23)22-21-12-14-8-10-15(20)11-9-14/h4-12H,13H2,1-3H3,(H,22,23)/b21-12-. The van der Waals surface area contributed by atoms with Crippen molar-refractivity contribution >= 4 is 28.1 Å². The number of benzene rings is 2. The zero-order chi connectivity index (χ0) is 17.6. The van der Waals surface area contributed by atoms with Crippen molar-refractivity contribution in [3.05, 3.63) is 64.1 Å². The molecule has 4 nitrogen and oxygen atoms in total. The van der Waals surface area contributed by atoms with Crippen LogP contribution in [0, 0.1) is 0 Å². The van der Waals surface area contributed by atoms with Gasteiger partial charge in [-0.15, -0.1) is 0 Å². The lowest BCUT2D eigenvalue weighted by molar-refractivity contribution is -0.123. The molecule has 0 fully saturated rings. The van der Waals surface area contributed by atoms with Crippen molar-refractivity contribution < 1.29 is 9.53 Å². The second-order valence-electron chi connectivity index (χ2n) is 6.38. The highest BCUT2D eigenvalue weighted by Gasteiger charge is 2.18. The molecule has 0 heterocycles.